The van der Waals surface area contributed by atoms with Crippen LogP contribution in [0, 0.1) is 0 Å². The van der Waals surface area contributed by atoms with Gasteiger partial charge in [-0.1, -0.05) is 0 Å². The molecular weight excluding hydrogens is 200 g/mol. The molecule has 1 aliphatic rings. The zero-order valence-electron chi connectivity index (χ0n) is 8.16. The minimum atomic E-state index is 0.455. The highest BCUT2D eigenvalue weighted by Crippen LogP contribution is 2.16. The van der Waals surface area contributed by atoms with Gasteiger partial charge in [-0.25, -0.2) is 4.98 Å². The fourth-order valence-corrected chi connectivity index (χ4v) is 1.90. The highest BCUT2D eigenvalue weighted by atomic mass is 35.5. The normalized spacial score (nSPS) is 21.6. The van der Waals surface area contributed by atoms with Crippen LogP contribution in [0.4, 0.5) is 0 Å². The number of ether oxygens (including phenoxy) is 1. The van der Waals surface area contributed by atoms with Gasteiger partial charge in [-0.05, 0) is 19.3 Å². The van der Waals surface area contributed by atoms with Gasteiger partial charge in [0.15, 0.2) is 0 Å². The number of hydrogen-bond acceptors (Lipinski definition) is 2. The molecule has 0 amide bonds. The smallest absolute Gasteiger partial charge is 0.0949 e. The minimum Gasteiger partial charge on any atom is -0.378 e. The molecule has 1 aromatic heterocycles. The molecule has 0 radical (unpaired) electrons. The fraction of sp³-hybridized carbons (Fsp3) is 0.700. The number of halogens is 1. The summed E-state index contributed by atoms with van der Waals surface area (Å²) in [6.45, 7) is 1.91. The van der Waals surface area contributed by atoms with Crippen LogP contribution < -0.4 is 0 Å². The first-order valence-corrected chi connectivity index (χ1v) is 5.60. The Morgan fingerprint density at radius 2 is 2.57 bits per heavy atom. The number of nitrogens with zero attached hydrogens (tertiary/aromatic N) is 2. The lowest BCUT2D eigenvalue weighted by molar-refractivity contribution is 0.100. The summed E-state index contributed by atoms with van der Waals surface area (Å²) < 4.78 is 7.63. The Balaban J connectivity index is 1.79. The molecule has 0 spiro atoms. The maximum atomic E-state index is 5.67. The number of aryl methyl sites for hydroxylation is 1. The molecule has 14 heavy (non-hydrogen) atoms. The predicted molar refractivity (Wildman–Crippen MR) is 55.4 cm³/mol. The maximum Gasteiger partial charge on any atom is 0.0949 e. The van der Waals surface area contributed by atoms with Gasteiger partial charge in [0, 0.05) is 19.3 Å². The molecule has 0 aliphatic carbocycles. The second-order valence-corrected chi connectivity index (χ2v) is 3.93. The van der Waals surface area contributed by atoms with Crippen molar-refractivity contribution >= 4 is 11.6 Å². The topological polar surface area (TPSA) is 27.1 Å². The van der Waals surface area contributed by atoms with Crippen molar-refractivity contribution in [3.63, 3.8) is 0 Å². The minimum absolute atomic E-state index is 0.455. The predicted octanol–water partition coefficient (Wildman–Crippen LogP) is 2.19. The largest absolute Gasteiger partial charge is 0.378 e. The molecule has 1 aliphatic heterocycles. The molecule has 1 atom stereocenters. The van der Waals surface area contributed by atoms with Gasteiger partial charge < -0.3 is 9.30 Å². The van der Waals surface area contributed by atoms with Crippen molar-refractivity contribution in [3.8, 4) is 0 Å². The first kappa shape index (κ1) is 9.99. The molecule has 0 N–H and O–H groups in total. The van der Waals surface area contributed by atoms with E-state index in [1.165, 1.54) is 12.8 Å². The molecule has 2 rings (SSSR count). The molecule has 0 saturated carbocycles. The Kier molecular flexibility index (Phi) is 3.43. The summed E-state index contributed by atoms with van der Waals surface area (Å²) in [5, 5.41) is 0. The average Bonchev–Trinajstić information content (AvgIpc) is 2.86. The van der Waals surface area contributed by atoms with Gasteiger partial charge in [-0.15, -0.1) is 11.6 Å². The van der Waals surface area contributed by atoms with Crippen molar-refractivity contribution in [1.29, 1.82) is 0 Å². The average molecular weight is 215 g/mol. The van der Waals surface area contributed by atoms with E-state index in [1.54, 1.807) is 0 Å². The monoisotopic (exact) mass is 214 g/mol. The van der Waals surface area contributed by atoms with E-state index in [0.717, 1.165) is 25.3 Å². The lowest BCUT2D eigenvalue weighted by Crippen LogP contribution is -2.08. The van der Waals surface area contributed by atoms with E-state index in [-0.39, 0.29) is 0 Å². The van der Waals surface area contributed by atoms with Crippen molar-refractivity contribution in [2.75, 3.05) is 6.61 Å². The van der Waals surface area contributed by atoms with Gasteiger partial charge in [-0.2, -0.15) is 0 Å². The van der Waals surface area contributed by atoms with Gasteiger partial charge in [0.1, 0.15) is 0 Å². The van der Waals surface area contributed by atoms with Crippen LogP contribution in [0.1, 0.15) is 25.0 Å². The Hall–Kier alpha value is -0.540. The fourth-order valence-electron chi connectivity index (χ4n) is 1.76. The quantitative estimate of drug-likeness (QED) is 0.719. The third kappa shape index (κ3) is 2.49. The summed E-state index contributed by atoms with van der Waals surface area (Å²) in [6.07, 6.45) is 7.79. The standard InChI is InChI=1S/C10H15ClN2O/c11-6-9-7-13(8-12-9)4-3-10-2-1-5-14-10/h7-8,10H,1-6H2. The molecule has 4 heteroatoms. The van der Waals surface area contributed by atoms with Crippen LogP contribution in [-0.2, 0) is 17.2 Å². The third-order valence-electron chi connectivity index (χ3n) is 2.56. The first-order valence-electron chi connectivity index (χ1n) is 5.06. The van der Waals surface area contributed by atoms with Crippen molar-refractivity contribution in [2.45, 2.75) is 37.8 Å². The first-order chi connectivity index (χ1) is 6.88. The van der Waals surface area contributed by atoms with E-state index >= 15 is 0 Å². The molecule has 0 aromatic carbocycles. The number of hydrogen-bond donors (Lipinski definition) is 0. The van der Waals surface area contributed by atoms with Gasteiger partial charge in [0.25, 0.3) is 0 Å². The van der Waals surface area contributed by atoms with E-state index in [4.69, 9.17) is 16.3 Å². The van der Waals surface area contributed by atoms with Crippen molar-refractivity contribution in [3.05, 3.63) is 18.2 Å². The summed E-state index contributed by atoms with van der Waals surface area (Å²) in [5.74, 6) is 0.493. The number of rotatable bonds is 4. The molecular formula is C10H15ClN2O. The molecule has 1 unspecified atom stereocenters. The molecule has 1 fully saturated rings. The summed E-state index contributed by atoms with van der Waals surface area (Å²) in [7, 11) is 0. The molecule has 3 nitrogen and oxygen atoms in total. The van der Waals surface area contributed by atoms with E-state index < -0.39 is 0 Å². The molecule has 0 bridgehead atoms. The molecule has 78 valence electrons. The Morgan fingerprint density at radius 1 is 1.64 bits per heavy atom. The highest BCUT2D eigenvalue weighted by molar-refractivity contribution is 6.16. The molecule has 1 saturated heterocycles. The van der Waals surface area contributed by atoms with Crippen LogP contribution in [0.5, 0.6) is 0 Å². The number of imidazole rings is 1. The summed E-state index contributed by atoms with van der Waals surface area (Å²) in [4.78, 5) is 4.17. The Bertz CT molecular complexity index is 281. The van der Waals surface area contributed by atoms with Crippen LogP contribution >= 0.6 is 11.6 Å². The van der Waals surface area contributed by atoms with Crippen molar-refractivity contribution in [2.24, 2.45) is 0 Å². The van der Waals surface area contributed by atoms with Gasteiger partial charge >= 0.3 is 0 Å². The molecule has 2 heterocycles. The molecule has 1 aromatic rings. The SMILES string of the molecule is ClCc1cn(CCC2CCCO2)cn1. The maximum absolute atomic E-state index is 5.67. The van der Waals surface area contributed by atoms with Crippen LogP contribution in [-0.4, -0.2) is 22.3 Å². The van der Waals surface area contributed by atoms with Crippen molar-refractivity contribution in [1.82, 2.24) is 9.55 Å². The lowest BCUT2D eigenvalue weighted by atomic mass is 10.2. The van der Waals surface area contributed by atoms with Crippen LogP contribution in [0.25, 0.3) is 0 Å². The van der Waals surface area contributed by atoms with E-state index in [2.05, 4.69) is 9.55 Å². The zero-order chi connectivity index (χ0) is 9.80. The third-order valence-corrected chi connectivity index (χ3v) is 2.83. The highest BCUT2D eigenvalue weighted by Gasteiger charge is 2.14. The lowest BCUT2D eigenvalue weighted by Gasteiger charge is -2.08. The Morgan fingerprint density at radius 3 is 3.21 bits per heavy atom. The van der Waals surface area contributed by atoms with E-state index in [1.807, 2.05) is 12.5 Å². The van der Waals surface area contributed by atoms with Crippen LogP contribution in [0.2, 0.25) is 0 Å². The van der Waals surface area contributed by atoms with E-state index in [9.17, 15) is 0 Å². The van der Waals surface area contributed by atoms with Gasteiger partial charge in [0.2, 0.25) is 0 Å². The van der Waals surface area contributed by atoms with Crippen LogP contribution in [0.3, 0.4) is 0 Å². The van der Waals surface area contributed by atoms with Gasteiger partial charge in [-0.3, -0.25) is 0 Å². The zero-order valence-corrected chi connectivity index (χ0v) is 8.91. The van der Waals surface area contributed by atoms with Crippen LogP contribution in [0.15, 0.2) is 12.5 Å². The summed E-state index contributed by atoms with van der Waals surface area (Å²) >= 11 is 5.67. The second-order valence-electron chi connectivity index (χ2n) is 3.66. The van der Waals surface area contributed by atoms with Crippen molar-refractivity contribution < 1.29 is 4.74 Å². The van der Waals surface area contributed by atoms with Gasteiger partial charge in [0.05, 0.1) is 24.0 Å². The second kappa shape index (κ2) is 4.80. The summed E-state index contributed by atoms with van der Waals surface area (Å²) in [6, 6.07) is 0. The summed E-state index contributed by atoms with van der Waals surface area (Å²) in [5.41, 5.74) is 0.944. The number of aromatic nitrogens is 2. The Labute approximate surface area is 89.0 Å². The number of alkyl halides is 1. The van der Waals surface area contributed by atoms with E-state index in [0.29, 0.717) is 12.0 Å².